The lowest BCUT2D eigenvalue weighted by Crippen LogP contribution is -2.37. The Balaban J connectivity index is 1.79. The standard InChI is InChI=1S/C17H34N2O/c1-2-3-4-5-6-7-8-9-10-13-17(20)19-15-16-12-11-14-18-16/h16,18H,2-15H2,1H3,(H,19,20). The molecule has 1 aliphatic heterocycles. The number of carbonyl (C=O) groups excluding carboxylic acids is 1. The summed E-state index contributed by atoms with van der Waals surface area (Å²) in [6, 6.07) is 0.516. The maximum absolute atomic E-state index is 11.7. The Bertz CT molecular complexity index is 237. The lowest BCUT2D eigenvalue weighted by Gasteiger charge is -2.11. The van der Waals surface area contributed by atoms with E-state index >= 15 is 0 Å². The topological polar surface area (TPSA) is 41.1 Å². The molecule has 0 bridgehead atoms. The number of amides is 1. The molecule has 1 amide bonds. The smallest absolute Gasteiger partial charge is 0.220 e. The van der Waals surface area contributed by atoms with Crippen LogP contribution in [0.3, 0.4) is 0 Å². The lowest BCUT2D eigenvalue weighted by atomic mass is 10.1. The molecule has 0 saturated carbocycles. The van der Waals surface area contributed by atoms with E-state index in [1.807, 2.05) is 0 Å². The average molecular weight is 282 g/mol. The van der Waals surface area contributed by atoms with Gasteiger partial charge < -0.3 is 10.6 Å². The Labute approximate surface area is 125 Å². The zero-order valence-corrected chi connectivity index (χ0v) is 13.4. The maximum atomic E-state index is 11.7. The molecule has 1 fully saturated rings. The van der Waals surface area contributed by atoms with Gasteiger partial charge in [0.05, 0.1) is 0 Å². The van der Waals surface area contributed by atoms with Gasteiger partial charge in [-0.1, -0.05) is 58.3 Å². The Hall–Kier alpha value is -0.570. The Morgan fingerprint density at radius 1 is 1.05 bits per heavy atom. The van der Waals surface area contributed by atoms with Crippen LogP contribution in [-0.2, 0) is 4.79 Å². The van der Waals surface area contributed by atoms with Crippen LogP contribution in [0, 0.1) is 0 Å². The summed E-state index contributed by atoms with van der Waals surface area (Å²) in [7, 11) is 0. The molecular weight excluding hydrogens is 248 g/mol. The first-order valence-corrected chi connectivity index (χ1v) is 8.83. The summed E-state index contributed by atoms with van der Waals surface area (Å²) in [6.07, 6.45) is 14.9. The minimum atomic E-state index is 0.238. The summed E-state index contributed by atoms with van der Waals surface area (Å²) < 4.78 is 0. The molecule has 0 aromatic heterocycles. The molecule has 1 unspecified atom stereocenters. The molecular formula is C17H34N2O. The minimum Gasteiger partial charge on any atom is -0.355 e. The number of hydrogen-bond acceptors (Lipinski definition) is 2. The van der Waals surface area contributed by atoms with Gasteiger partial charge >= 0.3 is 0 Å². The zero-order valence-electron chi connectivity index (χ0n) is 13.4. The number of nitrogens with one attached hydrogen (secondary N) is 2. The lowest BCUT2D eigenvalue weighted by molar-refractivity contribution is -0.121. The van der Waals surface area contributed by atoms with Crippen molar-refractivity contribution in [1.29, 1.82) is 0 Å². The van der Waals surface area contributed by atoms with Crippen LogP contribution < -0.4 is 10.6 Å². The highest BCUT2D eigenvalue weighted by Gasteiger charge is 2.14. The molecule has 1 aliphatic rings. The van der Waals surface area contributed by atoms with Gasteiger partial charge in [-0.3, -0.25) is 4.79 Å². The van der Waals surface area contributed by atoms with Gasteiger partial charge in [-0.05, 0) is 25.8 Å². The first-order valence-electron chi connectivity index (χ1n) is 8.83. The third-order valence-electron chi connectivity index (χ3n) is 4.22. The predicted octanol–water partition coefficient (Wildman–Crippen LogP) is 3.78. The van der Waals surface area contributed by atoms with Crippen LogP contribution in [0.15, 0.2) is 0 Å². The Morgan fingerprint density at radius 2 is 1.70 bits per heavy atom. The Morgan fingerprint density at radius 3 is 2.30 bits per heavy atom. The normalized spacial score (nSPS) is 18.4. The van der Waals surface area contributed by atoms with Crippen molar-refractivity contribution in [3.05, 3.63) is 0 Å². The van der Waals surface area contributed by atoms with Crippen LogP contribution in [0.2, 0.25) is 0 Å². The van der Waals surface area contributed by atoms with E-state index in [-0.39, 0.29) is 5.91 Å². The maximum Gasteiger partial charge on any atom is 0.220 e. The third kappa shape index (κ3) is 9.35. The predicted molar refractivity (Wildman–Crippen MR) is 85.9 cm³/mol. The minimum absolute atomic E-state index is 0.238. The third-order valence-corrected chi connectivity index (χ3v) is 4.22. The van der Waals surface area contributed by atoms with E-state index in [9.17, 15) is 4.79 Å². The number of rotatable bonds is 12. The van der Waals surface area contributed by atoms with E-state index in [0.29, 0.717) is 12.5 Å². The number of hydrogen-bond donors (Lipinski definition) is 2. The van der Waals surface area contributed by atoms with Crippen molar-refractivity contribution in [2.45, 2.75) is 90.0 Å². The van der Waals surface area contributed by atoms with Crippen molar-refractivity contribution in [2.75, 3.05) is 13.1 Å². The largest absolute Gasteiger partial charge is 0.355 e. The van der Waals surface area contributed by atoms with Crippen molar-refractivity contribution in [3.63, 3.8) is 0 Å². The molecule has 0 aliphatic carbocycles. The van der Waals surface area contributed by atoms with Crippen molar-refractivity contribution in [2.24, 2.45) is 0 Å². The van der Waals surface area contributed by atoms with Crippen molar-refractivity contribution >= 4 is 5.91 Å². The van der Waals surface area contributed by atoms with E-state index < -0.39 is 0 Å². The first-order chi connectivity index (χ1) is 9.83. The van der Waals surface area contributed by atoms with Crippen LogP contribution in [-0.4, -0.2) is 25.0 Å². The van der Waals surface area contributed by atoms with Gasteiger partial charge in [-0.2, -0.15) is 0 Å². The number of carbonyl (C=O) groups is 1. The van der Waals surface area contributed by atoms with Crippen LogP contribution in [0.1, 0.15) is 84.0 Å². The summed E-state index contributed by atoms with van der Waals surface area (Å²) >= 11 is 0. The fraction of sp³-hybridized carbons (Fsp3) is 0.941. The fourth-order valence-corrected chi connectivity index (χ4v) is 2.85. The molecule has 1 atom stereocenters. The fourth-order valence-electron chi connectivity index (χ4n) is 2.85. The monoisotopic (exact) mass is 282 g/mol. The second-order valence-corrected chi connectivity index (χ2v) is 6.18. The molecule has 0 aromatic carbocycles. The molecule has 0 spiro atoms. The molecule has 2 N–H and O–H groups in total. The zero-order chi connectivity index (χ0) is 14.5. The molecule has 3 nitrogen and oxygen atoms in total. The van der Waals surface area contributed by atoms with Crippen molar-refractivity contribution < 1.29 is 4.79 Å². The molecule has 1 rings (SSSR count). The van der Waals surface area contributed by atoms with Crippen LogP contribution in [0.5, 0.6) is 0 Å². The van der Waals surface area contributed by atoms with E-state index in [4.69, 9.17) is 0 Å². The van der Waals surface area contributed by atoms with Gasteiger partial charge in [0, 0.05) is 19.0 Å². The van der Waals surface area contributed by atoms with Gasteiger partial charge in [0.15, 0.2) is 0 Å². The van der Waals surface area contributed by atoms with E-state index in [1.165, 1.54) is 64.2 Å². The Kier molecular flexibility index (Phi) is 10.7. The molecule has 118 valence electrons. The van der Waals surface area contributed by atoms with Crippen molar-refractivity contribution in [1.82, 2.24) is 10.6 Å². The first kappa shape index (κ1) is 17.5. The quantitative estimate of drug-likeness (QED) is 0.535. The van der Waals surface area contributed by atoms with Gasteiger partial charge in [-0.15, -0.1) is 0 Å². The second kappa shape index (κ2) is 12.2. The van der Waals surface area contributed by atoms with Crippen LogP contribution in [0.25, 0.3) is 0 Å². The molecule has 20 heavy (non-hydrogen) atoms. The molecule has 0 aromatic rings. The summed E-state index contributed by atoms with van der Waals surface area (Å²) in [6.45, 7) is 4.18. The highest BCUT2D eigenvalue weighted by molar-refractivity contribution is 5.75. The van der Waals surface area contributed by atoms with E-state index in [0.717, 1.165) is 19.5 Å². The summed E-state index contributed by atoms with van der Waals surface area (Å²) in [5.41, 5.74) is 0. The SMILES string of the molecule is CCCCCCCCCCCC(=O)NCC1CCCN1. The number of unbranched alkanes of at least 4 members (excludes halogenated alkanes) is 8. The van der Waals surface area contributed by atoms with E-state index in [2.05, 4.69) is 17.6 Å². The van der Waals surface area contributed by atoms with Gasteiger partial charge in [0.25, 0.3) is 0 Å². The second-order valence-electron chi connectivity index (χ2n) is 6.18. The summed E-state index contributed by atoms with van der Waals surface area (Å²) in [5, 5.41) is 6.45. The summed E-state index contributed by atoms with van der Waals surface area (Å²) in [4.78, 5) is 11.7. The van der Waals surface area contributed by atoms with Crippen LogP contribution >= 0.6 is 0 Å². The highest BCUT2D eigenvalue weighted by atomic mass is 16.1. The van der Waals surface area contributed by atoms with Gasteiger partial charge in [0.1, 0.15) is 0 Å². The molecule has 3 heteroatoms. The average Bonchev–Trinajstić information content (AvgIpc) is 2.96. The molecule has 1 saturated heterocycles. The summed E-state index contributed by atoms with van der Waals surface area (Å²) in [5.74, 6) is 0.238. The molecule has 0 radical (unpaired) electrons. The van der Waals surface area contributed by atoms with Crippen LogP contribution in [0.4, 0.5) is 0 Å². The van der Waals surface area contributed by atoms with E-state index in [1.54, 1.807) is 0 Å². The van der Waals surface area contributed by atoms with Gasteiger partial charge in [-0.25, -0.2) is 0 Å². The van der Waals surface area contributed by atoms with Crippen molar-refractivity contribution in [3.8, 4) is 0 Å². The highest BCUT2D eigenvalue weighted by Crippen LogP contribution is 2.10. The molecule has 1 heterocycles. The van der Waals surface area contributed by atoms with Gasteiger partial charge in [0.2, 0.25) is 5.91 Å².